The number of hydrogen-bond donors (Lipinski definition) is 2. The van der Waals surface area contributed by atoms with Crippen molar-refractivity contribution < 1.29 is 8.78 Å². The smallest absolute Gasteiger partial charge is 0.127 e. The van der Waals surface area contributed by atoms with Gasteiger partial charge in [0.2, 0.25) is 0 Å². The van der Waals surface area contributed by atoms with Gasteiger partial charge >= 0.3 is 0 Å². The standard InChI is InChI=1S/C15H16F2N2/c1-9-3-4-11(5-15(9)17)10(2)19-14-7-12(16)6-13(18)8-14/h3-8,10,19H,18H2,1-2H3. The summed E-state index contributed by atoms with van der Waals surface area (Å²) < 4.78 is 26.7. The Bertz CT molecular complexity index is 576. The Morgan fingerprint density at radius 2 is 1.84 bits per heavy atom. The van der Waals surface area contributed by atoms with Crippen molar-refractivity contribution in [1.82, 2.24) is 0 Å². The first-order valence-corrected chi connectivity index (χ1v) is 6.04. The summed E-state index contributed by atoms with van der Waals surface area (Å²) in [4.78, 5) is 0. The first kappa shape index (κ1) is 13.3. The van der Waals surface area contributed by atoms with Crippen LogP contribution < -0.4 is 11.1 Å². The Kier molecular flexibility index (Phi) is 3.69. The topological polar surface area (TPSA) is 38.0 Å². The SMILES string of the molecule is Cc1ccc(C(C)Nc2cc(N)cc(F)c2)cc1F. The van der Waals surface area contributed by atoms with E-state index in [-0.39, 0.29) is 11.9 Å². The van der Waals surface area contributed by atoms with Crippen LogP contribution in [0.2, 0.25) is 0 Å². The van der Waals surface area contributed by atoms with Crippen molar-refractivity contribution in [2.75, 3.05) is 11.1 Å². The lowest BCUT2D eigenvalue weighted by atomic mass is 10.1. The number of hydrogen-bond acceptors (Lipinski definition) is 2. The molecule has 0 heterocycles. The van der Waals surface area contributed by atoms with E-state index in [1.54, 1.807) is 19.1 Å². The molecule has 0 aliphatic rings. The molecule has 4 heteroatoms. The van der Waals surface area contributed by atoms with Gasteiger partial charge in [-0.15, -0.1) is 0 Å². The minimum absolute atomic E-state index is 0.142. The van der Waals surface area contributed by atoms with E-state index in [1.807, 2.05) is 13.0 Å². The lowest BCUT2D eigenvalue weighted by molar-refractivity contribution is 0.614. The summed E-state index contributed by atoms with van der Waals surface area (Å²) in [5.41, 5.74) is 7.90. The van der Waals surface area contributed by atoms with E-state index in [4.69, 9.17) is 5.73 Å². The highest BCUT2D eigenvalue weighted by Crippen LogP contribution is 2.23. The third kappa shape index (κ3) is 3.22. The van der Waals surface area contributed by atoms with Gasteiger partial charge in [0.05, 0.1) is 0 Å². The van der Waals surface area contributed by atoms with Crippen LogP contribution in [-0.2, 0) is 0 Å². The van der Waals surface area contributed by atoms with Crippen LogP contribution in [0.4, 0.5) is 20.2 Å². The van der Waals surface area contributed by atoms with E-state index in [0.717, 1.165) is 5.56 Å². The monoisotopic (exact) mass is 262 g/mol. The Balaban J connectivity index is 2.20. The number of anilines is 2. The predicted octanol–water partition coefficient (Wildman–Crippen LogP) is 4.03. The zero-order chi connectivity index (χ0) is 14.0. The number of nitrogen functional groups attached to an aromatic ring is 1. The van der Waals surface area contributed by atoms with Gasteiger partial charge in [0.1, 0.15) is 11.6 Å². The van der Waals surface area contributed by atoms with Gasteiger partial charge in [0.15, 0.2) is 0 Å². The molecule has 0 bridgehead atoms. The van der Waals surface area contributed by atoms with Crippen LogP contribution in [0.15, 0.2) is 36.4 Å². The van der Waals surface area contributed by atoms with E-state index in [0.29, 0.717) is 16.9 Å². The molecule has 2 aromatic rings. The lowest BCUT2D eigenvalue weighted by Crippen LogP contribution is -2.07. The van der Waals surface area contributed by atoms with Gasteiger partial charge in [-0.2, -0.15) is 0 Å². The minimum atomic E-state index is -0.398. The van der Waals surface area contributed by atoms with Gasteiger partial charge in [-0.1, -0.05) is 12.1 Å². The highest BCUT2D eigenvalue weighted by atomic mass is 19.1. The molecule has 100 valence electrons. The van der Waals surface area contributed by atoms with Crippen LogP contribution in [0.1, 0.15) is 24.1 Å². The van der Waals surface area contributed by atoms with Crippen molar-refractivity contribution in [3.8, 4) is 0 Å². The van der Waals surface area contributed by atoms with E-state index >= 15 is 0 Å². The van der Waals surface area contributed by atoms with E-state index in [1.165, 1.54) is 18.2 Å². The maximum Gasteiger partial charge on any atom is 0.127 e. The first-order chi connectivity index (χ1) is 8.95. The van der Waals surface area contributed by atoms with E-state index in [9.17, 15) is 8.78 Å². The summed E-state index contributed by atoms with van der Waals surface area (Å²) in [6.07, 6.45) is 0. The van der Waals surface area contributed by atoms with E-state index < -0.39 is 5.82 Å². The molecule has 19 heavy (non-hydrogen) atoms. The van der Waals surface area contributed by atoms with Gasteiger partial charge in [-0.25, -0.2) is 8.78 Å². The third-order valence-electron chi connectivity index (χ3n) is 3.00. The second-order valence-electron chi connectivity index (χ2n) is 4.65. The molecule has 1 atom stereocenters. The van der Waals surface area contributed by atoms with Gasteiger partial charge in [-0.3, -0.25) is 0 Å². The molecule has 0 spiro atoms. The van der Waals surface area contributed by atoms with Crippen LogP contribution in [0.5, 0.6) is 0 Å². The second kappa shape index (κ2) is 5.26. The molecule has 2 aromatic carbocycles. The van der Waals surface area contributed by atoms with Crippen molar-refractivity contribution in [3.63, 3.8) is 0 Å². The Morgan fingerprint density at radius 1 is 1.11 bits per heavy atom. The number of rotatable bonds is 3. The summed E-state index contributed by atoms with van der Waals surface area (Å²) in [7, 11) is 0. The number of nitrogens with two attached hydrogens (primary N) is 1. The summed E-state index contributed by atoms with van der Waals surface area (Å²) in [6, 6.07) is 9.16. The molecule has 0 saturated heterocycles. The van der Waals surface area contributed by atoms with E-state index in [2.05, 4.69) is 5.32 Å². The fourth-order valence-corrected chi connectivity index (χ4v) is 1.91. The Morgan fingerprint density at radius 3 is 2.47 bits per heavy atom. The highest BCUT2D eigenvalue weighted by molar-refractivity contribution is 5.55. The molecule has 0 aromatic heterocycles. The zero-order valence-electron chi connectivity index (χ0n) is 10.9. The van der Waals surface area contributed by atoms with Crippen LogP contribution in [0.25, 0.3) is 0 Å². The molecule has 0 amide bonds. The molecular weight excluding hydrogens is 246 g/mol. The van der Waals surface area contributed by atoms with Crippen LogP contribution in [-0.4, -0.2) is 0 Å². The summed E-state index contributed by atoms with van der Waals surface area (Å²) in [5, 5.41) is 3.10. The van der Waals surface area contributed by atoms with Gasteiger partial charge in [0, 0.05) is 17.4 Å². The number of aryl methyl sites for hydroxylation is 1. The maximum atomic E-state index is 13.5. The van der Waals surface area contributed by atoms with Crippen LogP contribution in [0, 0.1) is 18.6 Å². The number of halogens is 2. The van der Waals surface area contributed by atoms with Gasteiger partial charge in [-0.05, 0) is 49.2 Å². The predicted molar refractivity (Wildman–Crippen MR) is 74.0 cm³/mol. The summed E-state index contributed by atoms with van der Waals surface area (Å²) in [6.45, 7) is 3.59. The largest absolute Gasteiger partial charge is 0.399 e. The number of benzene rings is 2. The maximum absolute atomic E-state index is 13.5. The first-order valence-electron chi connectivity index (χ1n) is 6.04. The quantitative estimate of drug-likeness (QED) is 0.820. The summed E-state index contributed by atoms with van der Waals surface area (Å²) in [5.74, 6) is -0.644. The average molecular weight is 262 g/mol. The van der Waals surface area contributed by atoms with Crippen molar-refractivity contribution in [1.29, 1.82) is 0 Å². The number of nitrogens with one attached hydrogen (secondary N) is 1. The molecule has 0 fully saturated rings. The molecule has 2 nitrogen and oxygen atoms in total. The Hall–Kier alpha value is -2.10. The molecular formula is C15H16F2N2. The molecule has 0 aliphatic carbocycles. The molecule has 0 aliphatic heterocycles. The molecule has 1 unspecified atom stereocenters. The molecule has 0 saturated carbocycles. The zero-order valence-corrected chi connectivity index (χ0v) is 10.9. The van der Waals surface area contributed by atoms with Crippen LogP contribution in [0.3, 0.4) is 0 Å². The molecule has 0 radical (unpaired) electrons. The van der Waals surface area contributed by atoms with Crippen molar-refractivity contribution in [3.05, 3.63) is 59.2 Å². The van der Waals surface area contributed by atoms with Gasteiger partial charge < -0.3 is 11.1 Å². The Labute approximate surface area is 111 Å². The third-order valence-corrected chi connectivity index (χ3v) is 3.00. The normalized spacial score (nSPS) is 12.2. The van der Waals surface area contributed by atoms with Crippen LogP contribution >= 0.6 is 0 Å². The van der Waals surface area contributed by atoms with Crippen molar-refractivity contribution in [2.24, 2.45) is 0 Å². The minimum Gasteiger partial charge on any atom is -0.399 e. The van der Waals surface area contributed by atoms with Crippen molar-refractivity contribution in [2.45, 2.75) is 19.9 Å². The highest BCUT2D eigenvalue weighted by Gasteiger charge is 2.08. The molecule has 2 rings (SSSR count). The van der Waals surface area contributed by atoms with Gasteiger partial charge in [0.25, 0.3) is 0 Å². The average Bonchev–Trinajstić information content (AvgIpc) is 2.31. The fraction of sp³-hybridized carbons (Fsp3) is 0.200. The van der Waals surface area contributed by atoms with Crippen molar-refractivity contribution >= 4 is 11.4 Å². The second-order valence-corrected chi connectivity index (χ2v) is 4.65. The fourth-order valence-electron chi connectivity index (χ4n) is 1.91. The molecule has 3 N–H and O–H groups in total. The lowest BCUT2D eigenvalue weighted by Gasteiger charge is -2.16. The summed E-state index contributed by atoms with van der Waals surface area (Å²) >= 11 is 0.